The molecule has 0 saturated heterocycles. The van der Waals surface area contributed by atoms with Gasteiger partial charge in [0.25, 0.3) is 5.91 Å². The Kier molecular flexibility index (Phi) is 7.14. The maximum atomic E-state index is 12.5. The Labute approximate surface area is 205 Å². The van der Waals surface area contributed by atoms with Gasteiger partial charge >= 0.3 is 5.97 Å². The highest BCUT2D eigenvalue weighted by Crippen LogP contribution is 2.42. The van der Waals surface area contributed by atoms with Gasteiger partial charge in [-0.2, -0.15) is 5.26 Å². The molecule has 176 valence electrons. The van der Waals surface area contributed by atoms with Crippen LogP contribution in [0.1, 0.15) is 15.2 Å². The quantitative estimate of drug-likeness (QED) is 0.332. The van der Waals surface area contributed by atoms with Crippen molar-refractivity contribution in [2.24, 2.45) is 0 Å². The van der Waals surface area contributed by atoms with Gasteiger partial charge in [0, 0.05) is 11.1 Å². The zero-order chi connectivity index (χ0) is 24.8. The van der Waals surface area contributed by atoms with E-state index in [1.54, 1.807) is 80.3 Å². The van der Waals surface area contributed by atoms with Crippen LogP contribution in [0.2, 0.25) is 0 Å². The average molecular weight is 489 g/mol. The number of carbonyl (C=O) groups is 2. The number of amides is 1. The third-order valence-electron chi connectivity index (χ3n) is 5.06. The summed E-state index contributed by atoms with van der Waals surface area (Å²) in [5.41, 5.74) is 2.02. The topological polar surface area (TPSA) is 111 Å². The van der Waals surface area contributed by atoms with Crippen LogP contribution in [0.3, 0.4) is 0 Å². The molecule has 2 aromatic carbocycles. The molecule has 0 aliphatic heterocycles. The summed E-state index contributed by atoms with van der Waals surface area (Å²) in [6.07, 6.45) is 0. The van der Waals surface area contributed by atoms with Crippen LogP contribution in [0.4, 0.5) is 5.88 Å². The summed E-state index contributed by atoms with van der Waals surface area (Å²) in [7, 11) is 3.13. The monoisotopic (exact) mass is 488 g/mol. The molecule has 0 radical (unpaired) electrons. The Morgan fingerprint density at radius 1 is 0.971 bits per heavy atom. The fourth-order valence-corrected chi connectivity index (χ4v) is 3.98. The van der Waals surface area contributed by atoms with Crippen LogP contribution >= 0.6 is 11.3 Å². The molecule has 0 bridgehead atoms. The summed E-state index contributed by atoms with van der Waals surface area (Å²) in [5, 5.41) is 14.3. The van der Waals surface area contributed by atoms with E-state index in [0.717, 1.165) is 0 Å². The van der Waals surface area contributed by atoms with Crippen LogP contribution in [0.5, 0.6) is 11.5 Å². The third kappa shape index (κ3) is 5.18. The highest BCUT2D eigenvalue weighted by Gasteiger charge is 2.25. The normalized spacial score (nSPS) is 10.3. The molecular weight excluding hydrogens is 468 g/mol. The summed E-state index contributed by atoms with van der Waals surface area (Å²) in [6.45, 7) is -0.530. The second kappa shape index (κ2) is 10.6. The van der Waals surface area contributed by atoms with Crippen LogP contribution in [0.25, 0.3) is 22.5 Å². The zero-order valence-electron chi connectivity index (χ0n) is 18.9. The first-order valence-corrected chi connectivity index (χ1v) is 11.3. The summed E-state index contributed by atoms with van der Waals surface area (Å²) >= 11 is 1.21. The van der Waals surface area contributed by atoms with Crippen LogP contribution < -0.4 is 14.8 Å². The van der Waals surface area contributed by atoms with Crippen molar-refractivity contribution in [3.05, 3.63) is 76.5 Å². The summed E-state index contributed by atoms with van der Waals surface area (Å²) in [6, 6.07) is 19.7. The predicted molar refractivity (Wildman–Crippen MR) is 131 cm³/mol. The maximum Gasteiger partial charge on any atom is 0.348 e. The molecule has 1 amide bonds. The van der Waals surface area contributed by atoms with E-state index < -0.39 is 18.5 Å². The fraction of sp³-hybridized carbons (Fsp3) is 0.115. The number of esters is 1. The van der Waals surface area contributed by atoms with Crippen molar-refractivity contribution in [2.75, 3.05) is 26.1 Å². The number of anilines is 1. The average Bonchev–Trinajstić information content (AvgIpc) is 3.56. The van der Waals surface area contributed by atoms with E-state index in [1.807, 2.05) is 0 Å². The molecule has 0 fully saturated rings. The summed E-state index contributed by atoms with van der Waals surface area (Å²) in [4.78, 5) is 24.9. The fourth-order valence-electron chi connectivity index (χ4n) is 3.36. The number of hydrogen-bond acceptors (Lipinski definition) is 8. The number of hydrogen-bond donors (Lipinski definition) is 1. The lowest BCUT2D eigenvalue weighted by Crippen LogP contribution is -2.20. The summed E-state index contributed by atoms with van der Waals surface area (Å²) < 4.78 is 21.5. The number of nitriles is 1. The van der Waals surface area contributed by atoms with Crippen molar-refractivity contribution >= 4 is 29.1 Å². The maximum absolute atomic E-state index is 12.5. The van der Waals surface area contributed by atoms with E-state index >= 15 is 0 Å². The second-order valence-electron chi connectivity index (χ2n) is 7.18. The van der Waals surface area contributed by atoms with Crippen molar-refractivity contribution in [1.29, 1.82) is 5.26 Å². The zero-order valence-corrected chi connectivity index (χ0v) is 19.7. The number of rotatable bonds is 8. The Balaban J connectivity index is 1.67. The van der Waals surface area contributed by atoms with Crippen LogP contribution in [-0.4, -0.2) is 32.7 Å². The van der Waals surface area contributed by atoms with Gasteiger partial charge in [-0.25, -0.2) is 4.79 Å². The van der Waals surface area contributed by atoms with E-state index in [4.69, 9.17) is 18.6 Å². The molecule has 0 unspecified atom stereocenters. The van der Waals surface area contributed by atoms with Gasteiger partial charge in [-0.15, -0.1) is 11.3 Å². The summed E-state index contributed by atoms with van der Waals surface area (Å²) in [5.74, 6) is 0.424. The van der Waals surface area contributed by atoms with Gasteiger partial charge in [-0.3, -0.25) is 10.1 Å². The number of furan rings is 1. The lowest BCUT2D eigenvalue weighted by atomic mass is 9.98. The Bertz CT molecular complexity index is 1370. The van der Waals surface area contributed by atoms with Crippen molar-refractivity contribution < 1.29 is 28.2 Å². The van der Waals surface area contributed by atoms with Gasteiger partial charge in [0.15, 0.2) is 6.61 Å². The van der Waals surface area contributed by atoms with Gasteiger partial charge in [-0.05, 0) is 53.4 Å². The first kappa shape index (κ1) is 23.6. The van der Waals surface area contributed by atoms with Gasteiger partial charge in [0.05, 0.1) is 14.2 Å². The molecule has 0 aliphatic rings. The molecular formula is C26H20N2O6S. The number of methoxy groups -OCH3 is 2. The number of benzene rings is 2. The molecule has 0 atom stereocenters. The molecule has 4 aromatic rings. The number of thiophene rings is 1. The van der Waals surface area contributed by atoms with Crippen LogP contribution in [0.15, 0.2) is 70.5 Å². The number of ether oxygens (including phenoxy) is 3. The van der Waals surface area contributed by atoms with Crippen molar-refractivity contribution in [3.63, 3.8) is 0 Å². The van der Waals surface area contributed by atoms with E-state index in [2.05, 4.69) is 11.4 Å². The largest absolute Gasteiger partial charge is 0.497 e. The van der Waals surface area contributed by atoms with E-state index in [9.17, 15) is 14.9 Å². The predicted octanol–water partition coefficient (Wildman–Crippen LogP) is 5.36. The molecule has 9 heteroatoms. The Hall–Kier alpha value is -4.55. The first-order chi connectivity index (χ1) is 17.0. The van der Waals surface area contributed by atoms with Crippen molar-refractivity contribution in [2.45, 2.75) is 0 Å². The lowest BCUT2D eigenvalue weighted by Gasteiger charge is -2.06. The van der Waals surface area contributed by atoms with Gasteiger partial charge < -0.3 is 18.6 Å². The Morgan fingerprint density at radius 2 is 1.60 bits per heavy atom. The number of nitrogens with one attached hydrogen (secondary N) is 1. The van der Waals surface area contributed by atoms with Crippen molar-refractivity contribution in [3.8, 4) is 40.0 Å². The van der Waals surface area contributed by atoms with Gasteiger partial charge in [0.1, 0.15) is 33.8 Å². The molecule has 0 spiro atoms. The number of carbonyl (C=O) groups excluding carboxylic acids is 2. The highest BCUT2D eigenvalue weighted by molar-refractivity contribution is 7.11. The van der Waals surface area contributed by atoms with Gasteiger partial charge in [-0.1, -0.05) is 18.2 Å². The van der Waals surface area contributed by atoms with Crippen LogP contribution in [0, 0.1) is 11.3 Å². The lowest BCUT2D eigenvalue weighted by molar-refractivity contribution is -0.119. The Morgan fingerprint density at radius 3 is 2.14 bits per heavy atom. The standard InChI is InChI=1S/C26H20N2O6S/c1-31-18-9-5-16(6-10-18)23-20(14-27)25(34-24(23)17-7-11-19(32-2)12-8-17)28-22(29)15-33-26(30)21-4-3-13-35-21/h3-13H,15H2,1-2H3,(H,28,29). The SMILES string of the molecule is COc1ccc(-c2oc(NC(=O)COC(=O)c3cccs3)c(C#N)c2-c2ccc(OC)cc2)cc1. The molecule has 8 nitrogen and oxygen atoms in total. The molecule has 0 saturated carbocycles. The molecule has 2 aromatic heterocycles. The minimum atomic E-state index is -0.636. The first-order valence-electron chi connectivity index (χ1n) is 10.4. The molecule has 2 heterocycles. The molecule has 0 aliphatic carbocycles. The molecule has 35 heavy (non-hydrogen) atoms. The second-order valence-corrected chi connectivity index (χ2v) is 8.13. The highest BCUT2D eigenvalue weighted by atomic mass is 32.1. The minimum absolute atomic E-state index is 0.0405. The van der Waals surface area contributed by atoms with E-state index in [0.29, 0.717) is 38.8 Å². The minimum Gasteiger partial charge on any atom is -0.497 e. The molecule has 1 N–H and O–H groups in total. The van der Waals surface area contributed by atoms with Crippen LogP contribution in [-0.2, 0) is 9.53 Å². The smallest absolute Gasteiger partial charge is 0.348 e. The third-order valence-corrected chi connectivity index (χ3v) is 5.91. The van der Waals surface area contributed by atoms with Gasteiger partial charge in [0.2, 0.25) is 5.88 Å². The molecule has 4 rings (SSSR count). The number of nitrogens with zero attached hydrogens (tertiary/aromatic N) is 1. The van der Waals surface area contributed by atoms with E-state index in [-0.39, 0.29) is 11.4 Å². The van der Waals surface area contributed by atoms with E-state index in [1.165, 1.54) is 11.3 Å². The van der Waals surface area contributed by atoms with Crippen molar-refractivity contribution in [1.82, 2.24) is 0 Å².